The van der Waals surface area contributed by atoms with E-state index >= 15 is 0 Å². The molecule has 1 aromatic carbocycles. The first-order valence-electron chi connectivity index (χ1n) is 8.16. The molecule has 2 N–H and O–H groups in total. The predicted octanol–water partition coefficient (Wildman–Crippen LogP) is 3.42. The molecule has 2 fully saturated rings. The number of carbonyl (C=O) groups excluding carboxylic acids is 2. The third kappa shape index (κ3) is 3.86. The lowest BCUT2D eigenvalue weighted by Gasteiger charge is -2.24. The Morgan fingerprint density at radius 2 is 2.04 bits per heavy atom. The second-order valence-corrected chi connectivity index (χ2v) is 7.30. The molecule has 1 saturated heterocycles. The molecule has 0 unspecified atom stereocenters. The standard InChI is InChI=1S/C17H22BrN3O2/c1-11-8-12(6-7-15(11)18)19-17(23)20-13-9-16(22)21(10-13)14-4-2-3-5-14/h6-8,13-14H,2-5,9-10H2,1H3,(H2,19,20,23)/t13-/m0/s1. The van der Waals surface area contributed by atoms with Crippen LogP contribution in [0, 0.1) is 6.92 Å². The van der Waals surface area contributed by atoms with Crippen molar-refractivity contribution in [3.63, 3.8) is 0 Å². The number of anilines is 1. The van der Waals surface area contributed by atoms with Gasteiger partial charge in [0.05, 0.1) is 6.04 Å². The van der Waals surface area contributed by atoms with Gasteiger partial charge in [-0.05, 0) is 43.5 Å². The summed E-state index contributed by atoms with van der Waals surface area (Å²) in [7, 11) is 0. The highest BCUT2D eigenvalue weighted by molar-refractivity contribution is 9.10. The van der Waals surface area contributed by atoms with E-state index in [9.17, 15) is 9.59 Å². The summed E-state index contributed by atoms with van der Waals surface area (Å²) in [6.45, 7) is 2.61. The number of benzene rings is 1. The van der Waals surface area contributed by atoms with Gasteiger partial charge in [0.1, 0.15) is 0 Å². The van der Waals surface area contributed by atoms with Gasteiger partial charge < -0.3 is 15.5 Å². The van der Waals surface area contributed by atoms with Crippen molar-refractivity contribution in [2.75, 3.05) is 11.9 Å². The molecule has 0 spiro atoms. The first-order chi connectivity index (χ1) is 11.0. The SMILES string of the molecule is Cc1cc(NC(=O)N[C@H]2CC(=O)N(C3CCCC3)C2)ccc1Br. The number of hydrogen-bond donors (Lipinski definition) is 2. The second-order valence-electron chi connectivity index (χ2n) is 6.45. The zero-order chi connectivity index (χ0) is 16.4. The van der Waals surface area contributed by atoms with E-state index < -0.39 is 0 Å². The number of urea groups is 1. The minimum absolute atomic E-state index is 0.0976. The number of likely N-dealkylation sites (tertiary alicyclic amines) is 1. The summed E-state index contributed by atoms with van der Waals surface area (Å²) in [6.07, 6.45) is 5.01. The highest BCUT2D eigenvalue weighted by Gasteiger charge is 2.36. The molecule has 6 heteroatoms. The second kappa shape index (κ2) is 6.91. The maximum Gasteiger partial charge on any atom is 0.319 e. The minimum atomic E-state index is -0.252. The van der Waals surface area contributed by atoms with Crippen molar-refractivity contribution in [1.82, 2.24) is 10.2 Å². The van der Waals surface area contributed by atoms with Crippen LogP contribution >= 0.6 is 15.9 Å². The fourth-order valence-electron chi connectivity index (χ4n) is 3.47. The quantitative estimate of drug-likeness (QED) is 0.844. The van der Waals surface area contributed by atoms with Crippen LogP contribution in [0.5, 0.6) is 0 Å². The first kappa shape index (κ1) is 16.3. The Balaban J connectivity index is 1.54. The van der Waals surface area contributed by atoms with Crippen LogP contribution in [0.2, 0.25) is 0 Å². The van der Waals surface area contributed by atoms with E-state index in [0.29, 0.717) is 19.0 Å². The molecule has 1 atom stereocenters. The molecule has 1 heterocycles. The van der Waals surface area contributed by atoms with Crippen LogP contribution in [-0.2, 0) is 4.79 Å². The van der Waals surface area contributed by atoms with E-state index in [2.05, 4.69) is 26.6 Å². The number of rotatable bonds is 3. The average Bonchev–Trinajstić information content (AvgIpc) is 3.12. The summed E-state index contributed by atoms with van der Waals surface area (Å²) in [6, 6.07) is 5.70. The average molecular weight is 380 g/mol. The van der Waals surface area contributed by atoms with E-state index in [4.69, 9.17) is 0 Å². The van der Waals surface area contributed by atoms with Gasteiger partial charge in [0, 0.05) is 29.2 Å². The van der Waals surface area contributed by atoms with Crippen molar-refractivity contribution in [1.29, 1.82) is 0 Å². The lowest BCUT2D eigenvalue weighted by atomic mass is 10.2. The molecule has 0 aromatic heterocycles. The normalized spacial score (nSPS) is 21.7. The number of halogens is 1. The molecule has 124 valence electrons. The summed E-state index contributed by atoms with van der Waals surface area (Å²) in [5.41, 5.74) is 1.81. The molecule has 3 amide bonds. The van der Waals surface area contributed by atoms with E-state index in [-0.39, 0.29) is 18.0 Å². The highest BCUT2D eigenvalue weighted by Crippen LogP contribution is 2.27. The number of carbonyl (C=O) groups is 2. The Morgan fingerprint density at radius 1 is 1.30 bits per heavy atom. The fourth-order valence-corrected chi connectivity index (χ4v) is 3.72. The van der Waals surface area contributed by atoms with Crippen molar-refractivity contribution < 1.29 is 9.59 Å². The predicted molar refractivity (Wildman–Crippen MR) is 93.4 cm³/mol. The van der Waals surface area contributed by atoms with Gasteiger partial charge in [0.25, 0.3) is 0 Å². The van der Waals surface area contributed by atoms with Crippen molar-refractivity contribution in [2.45, 2.75) is 51.1 Å². The zero-order valence-corrected chi connectivity index (χ0v) is 14.9. The van der Waals surface area contributed by atoms with Crippen molar-refractivity contribution >= 4 is 33.6 Å². The Hall–Kier alpha value is -1.56. The topological polar surface area (TPSA) is 61.4 Å². The molecule has 1 aliphatic carbocycles. The van der Waals surface area contributed by atoms with Gasteiger partial charge in [-0.1, -0.05) is 28.8 Å². The van der Waals surface area contributed by atoms with Gasteiger partial charge in [-0.3, -0.25) is 4.79 Å². The lowest BCUT2D eigenvalue weighted by molar-refractivity contribution is -0.129. The highest BCUT2D eigenvalue weighted by atomic mass is 79.9. The van der Waals surface area contributed by atoms with Crippen LogP contribution in [0.25, 0.3) is 0 Å². The number of hydrogen-bond acceptors (Lipinski definition) is 2. The van der Waals surface area contributed by atoms with Gasteiger partial charge in [-0.2, -0.15) is 0 Å². The summed E-state index contributed by atoms with van der Waals surface area (Å²) in [4.78, 5) is 26.2. The number of amides is 3. The third-order valence-electron chi connectivity index (χ3n) is 4.67. The van der Waals surface area contributed by atoms with Gasteiger partial charge in [0.15, 0.2) is 0 Å². The molecular formula is C17H22BrN3O2. The Bertz CT molecular complexity index is 614. The van der Waals surface area contributed by atoms with Gasteiger partial charge in [-0.25, -0.2) is 4.79 Å². The molecule has 3 rings (SSSR count). The largest absolute Gasteiger partial charge is 0.338 e. The smallest absolute Gasteiger partial charge is 0.319 e. The zero-order valence-electron chi connectivity index (χ0n) is 13.3. The summed E-state index contributed by atoms with van der Waals surface area (Å²) < 4.78 is 1.01. The van der Waals surface area contributed by atoms with Crippen LogP contribution in [0.3, 0.4) is 0 Å². The fraction of sp³-hybridized carbons (Fsp3) is 0.529. The van der Waals surface area contributed by atoms with Crippen molar-refractivity contribution in [2.24, 2.45) is 0 Å². The number of aryl methyl sites for hydroxylation is 1. The third-order valence-corrected chi connectivity index (χ3v) is 5.56. The number of nitrogens with zero attached hydrogens (tertiary/aromatic N) is 1. The van der Waals surface area contributed by atoms with Crippen molar-refractivity contribution in [3.05, 3.63) is 28.2 Å². The van der Waals surface area contributed by atoms with E-state index in [0.717, 1.165) is 28.6 Å². The van der Waals surface area contributed by atoms with Crippen LogP contribution < -0.4 is 10.6 Å². The molecule has 23 heavy (non-hydrogen) atoms. The van der Waals surface area contributed by atoms with Crippen LogP contribution in [0.4, 0.5) is 10.5 Å². The Kier molecular flexibility index (Phi) is 4.90. The molecule has 1 aliphatic heterocycles. The Morgan fingerprint density at radius 3 is 2.74 bits per heavy atom. The van der Waals surface area contributed by atoms with E-state index in [1.165, 1.54) is 12.8 Å². The number of nitrogens with one attached hydrogen (secondary N) is 2. The van der Waals surface area contributed by atoms with Gasteiger partial charge in [-0.15, -0.1) is 0 Å². The van der Waals surface area contributed by atoms with E-state index in [1.807, 2.05) is 30.0 Å². The first-order valence-corrected chi connectivity index (χ1v) is 8.95. The van der Waals surface area contributed by atoms with Crippen LogP contribution in [0.1, 0.15) is 37.7 Å². The maximum atomic E-state index is 12.1. The molecule has 2 aliphatic rings. The summed E-state index contributed by atoms with van der Waals surface area (Å²) in [5, 5.41) is 5.76. The Labute approximate surface area is 144 Å². The molecule has 5 nitrogen and oxygen atoms in total. The van der Waals surface area contributed by atoms with E-state index in [1.54, 1.807) is 0 Å². The lowest BCUT2D eigenvalue weighted by Crippen LogP contribution is -2.41. The maximum absolute atomic E-state index is 12.1. The van der Waals surface area contributed by atoms with Crippen molar-refractivity contribution in [3.8, 4) is 0 Å². The van der Waals surface area contributed by atoms with Crippen LogP contribution in [0.15, 0.2) is 22.7 Å². The molecule has 0 bridgehead atoms. The molecular weight excluding hydrogens is 358 g/mol. The molecule has 0 radical (unpaired) electrons. The molecule has 1 saturated carbocycles. The van der Waals surface area contributed by atoms with Gasteiger partial charge in [0.2, 0.25) is 5.91 Å². The monoisotopic (exact) mass is 379 g/mol. The summed E-state index contributed by atoms with van der Waals surface area (Å²) in [5.74, 6) is 0.168. The van der Waals surface area contributed by atoms with Crippen LogP contribution in [-0.4, -0.2) is 35.5 Å². The minimum Gasteiger partial charge on any atom is -0.338 e. The van der Waals surface area contributed by atoms with Gasteiger partial charge >= 0.3 is 6.03 Å². The summed E-state index contributed by atoms with van der Waals surface area (Å²) >= 11 is 3.44. The molecule has 1 aromatic rings.